The quantitative estimate of drug-likeness (QED) is 0.660. The summed E-state index contributed by atoms with van der Waals surface area (Å²) in [6.07, 6.45) is 0. The maximum absolute atomic E-state index is 5.89. The molecule has 0 unspecified atom stereocenters. The Hall–Kier alpha value is -0.670. The number of oxazole rings is 1. The predicted octanol–water partition coefficient (Wildman–Crippen LogP) is 3.08. The van der Waals surface area contributed by atoms with Crippen LogP contribution in [-0.2, 0) is 0 Å². The lowest BCUT2D eigenvalue weighted by atomic mass is 10.2. The maximum atomic E-state index is 5.89. The zero-order valence-corrected chi connectivity index (χ0v) is 7.99. The van der Waals surface area contributed by atoms with Gasteiger partial charge < -0.3 is 4.42 Å². The van der Waals surface area contributed by atoms with E-state index < -0.39 is 0 Å². The molecule has 0 atom stereocenters. The molecule has 0 saturated carbocycles. The largest absolute Gasteiger partial charge is 0.432 e. The van der Waals surface area contributed by atoms with Crippen LogP contribution < -0.4 is 0 Å². The van der Waals surface area contributed by atoms with Crippen molar-refractivity contribution in [3.63, 3.8) is 0 Å². The molecule has 4 heteroatoms. The molecule has 1 heterocycles. The smallest absolute Gasteiger partial charge is 0.253 e. The maximum Gasteiger partial charge on any atom is 0.253 e. The molecule has 0 radical (unpaired) electrons. The number of hydrogen-bond acceptors (Lipinski definition) is 3. The summed E-state index contributed by atoms with van der Waals surface area (Å²) >= 11 is 9.89. The van der Waals surface area contributed by atoms with E-state index in [9.17, 15) is 0 Å². The second kappa shape index (κ2) is 2.68. The Morgan fingerprint density at radius 3 is 3.00 bits per heavy atom. The Kier molecular flexibility index (Phi) is 1.77. The summed E-state index contributed by atoms with van der Waals surface area (Å²) in [5.74, 6) is 0. The van der Waals surface area contributed by atoms with E-state index in [1.807, 2.05) is 6.92 Å². The summed E-state index contributed by atoms with van der Waals surface area (Å²) in [4.78, 5) is 4.09. The second-order valence-electron chi connectivity index (χ2n) is 2.52. The molecule has 0 amide bonds. The molecule has 2 rings (SSSR count). The molecule has 12 heavy (non-hydrogen) atoms. The molecule has 1 aromatic carbocycles. The highest BCUT2D eigenvalue weighted by molar-refractivity contribution is 7.80. The van der Waals surface area contributed by atoms with Gasteiger partial charge in [0.25, 0.3) is 5.22 Å². The topological polar surface area (TPSA) is 26.0 Å². The first-order valence-electron chi connectivity index (χ1n) is 3.43. The van der Waals surface area contributed by atoms with Gasteiger partial charge in [-0.15, -0.1) is 0 Å². The number of rotatable bonds is 0. The summed E-state index contributed by atoms with van der Waals surface area (Å²) in [5, 5.41) is 1.07. The average molecular weight is 200 g/mol. The van der Waals surface area contributed by atoms with Gasteiger partial charge in [0.2, 0.25) is 0 Å². The van der Waals surface area contributed by atoms with Gasteiger partial charge in [-0.2, -0.15) is 0 Å². The lowest BCUT2D eigenvalue weighted by molar-refractivity contribution is 0.492. The van der Waals surface area contributed by atoms with Crippen molar-refractivity contribution in [3.05, 3.63) is 22.7 Å². The van der Waals surface area contributed by atoms with Crippen LogP contribution in [0.1, 0.15) is 5.56 Å². The third-order valence-electron chi connectivity index (χ3n) is 1.74. The van der Waals surface area contributed by atoms with Gasteiger partial charge in [0.1, 0.15) is 5.52 Å². The predicted molar refractivity (Wildman–Crippen MR) is 51.0 cm³/mol. The number of aryl methyl sites for hydroxylation is 1. The van der Waals surface area contributed by atoms with E-state index in [4.69, 9.17) is 16.0 Å². The Labute approximate surface area is 80.0 Å². The second-order valence-corrected chi connectivity index (χ2v) is 3.31. The van der Waals surface area contributed by atoms with Crippen LogP contribution in [0.15, 0.2) is 21.8 Å². The zero-order valence-electron chi connectivity index (χ0n) is 6.34. The number of hydrogen-bond donors (Lipinski definition) is 1. The van der Waals surface area contributed by atoms with E-state index in [1.54, 1.807) is 12.1 Å². The number of fused-ring (bicyclic) bond motifs is 1. The minimum Gasteiger partial charge on any atom is -0.432 e. The van der Waals surface area contributed by atoms with Crippen LogP contribution in [0.25, 0.3) is 11.1 Å². The van der Waals surface area contributed by atoms with E-state index in [0.29, 0.717) is 10.2 Å². The van der Waals surface area contributed by atoms with Crippen LogP contribution in [0.5, 0.6) is 0 Å². The van der Waals surface area contributed by atoms with Crippen molar-refractivity contribution < 1.29 is 4.42 Å². The lowest BCUT2D eigenvalue weighted by Gasteiger charge is -1.94. The minimum atomic E-state index is 0.371. The first-order valence-corrected chi connectivity index (χ1v) is 4.25. The molecular weight excluding hydrogens is 194 g/mol. The summed E-state index contributed by atoms with van der Waals surface area (Å²) < 4.78 is 5.20. The van der Waals surface area contributed by atoms with Gasteiger partial charge in [0, 0.05) is 5.02 Å². The number of thiol groups is 1. The minimum absolute atomic E-state index is 0.371. The fourth-order valence-electron chi connectivity index (χ4n) is 1.09. The van der Waals surface area contributed by atoms with Crippen molar-refractivity contribution in [1.82, 2.24) is 4.98 Å². The first-order chi connectivity index (χ1) is 5.68. The molecule has 2 aromatic rings. The van der Waals surface area contributed by atoms with E-state index in [1.165, 1.54) is 0 Å². The highest BCUT2D eigenvalue weighted by Crippen LogP contribution is 2.26. The van der Waals surface area contributed by atoms with Crippen LogP contribution in [-0.4, -0.2) is 4.98 Å². The van der Waals surface area contributed by atoms with Crippen LogP contribution in [0.4, 0.5) is 0 Å². The van der Waals surface area contributed by atoms with E-state index in [0.717, 1.165) is 16.7 Å². The summed E-state index contributed by atoms with van der Waals surface area (Å²) in [5.41, 5.74) is 2.44. The molecule has 0 N–H and O–H groups in total. The van der Waals surface area contributed by atoms with Crippen molar-refractivity contribution in [1.29, 1.82) is 0 Å². The molecule has 0 saturated heterocycles. The average Bonchev–Trinajstić information content (AvgIpc) is 2.39. The van der Waals surface area contributed by atoms with Crippen LogP contribution in [0, 0.1) is 6.92 Å². The van der Waals surface area contributed by atoms with Crippen molar-refractivity contribution in [2.75, 3.05) is 0 Å². The molecule has 0 aliphatic heterocycles. The highest BCUT2D eigenvalue weighted by atomic mass is 35.5. The van der Waals surface area contributed by atoms with Crippen molar-refractivity contribution in [2.45, 2.75) is 12.1 Å². The van der Waals surface area contributed by atoms with E-state index in [-0.39, 0.29) is 0 Å². The molecule has 0 bridgehead atoms. The molecule has 0 fully saturated rings. The molecule has 0 aliphatic rings. The lowest BCUT2D eigenvalue weighted by Crippen LogP contribution is -1.77. The van der Waals surface area contributed by atoms with Gasteiger partial charge >= 0.3 is 0 Å². The van der Waals surface area contributed by atoms with Crippen molar-refractivity contribution >= 4 is 35.3 Å². The molecule has 62 valence electrons. The normalized spacial score (nSPS) is 10.9. The zero-order chi connectivity index (χ0) is 8.72. The Bertz CT molecular complexity index is 438. The highest BCUT2D eigenvalue weighted by Gasteiger charge is 2.07. The number of nitrogens with zero attached hydrogens (tertiary/aromatic N) is 1. The van der Waals surface area contributed by atoms with Crippen molar-refractivity contribution in [3.8, 4) is 0 Å². The van der Waals surface area contributed by atoms with E-state index >= 15 is 0 Å². The SMILES string of the molecule is Cc1c(Cl)ccc2oc(S)nc12. The first kappa shape index (κ1) is 7.95. The van der Waals surface area contributed by atoms with Gasteiger partial charge in [0.05, 0.1) is 0 Å². The van der Waals surface area contributed by atoms with Crippen LogP contribution in [0.3, 0.4) is 0 Å². The molecule has 0 aliphatic carbocycles. The van der Waals surface area contributed by atoms with Gasteiger partial charge in [-0.3, -0.25) is 0 Å². The van der Waals surface area contributed by atoms with Crippen LogP contribution in [0.2, 0.25) is 5.02 Å². The fourth-order valence-corrected chi connectivity index (χ4v) is 1.44. The standard InChI is InChI=1S/C8H6ClNOS/c1-4-5(9)2-3-6-7(4)10-8(12)11-6/h2-3H,1H3,(H,10,12). The Morgan fingerprint density at radius 2 is 2.25 bits per heavy atom. The molecular formula is C8H6ClNOS. The number of halogens is 1. The van der Waals surface area contributed by atoms with Gasteiger partial charge in [-0.25, -0.2) is 4.98 Å². The molecule has 2 nitrogen and oxygen atoms in total. The third-order valence-corrected chi connectivity index (χ3v) is 2.34. The Morgan fingerprint density at radius 1 is 1.50 bits per heavy atom. The van der Waals surface area contributed by atoms with Crippen LogP contribution >= 0.6 is 24.2 Å². The molecule has 0 spiro atoms. The van der Waals surface area contributed by atoms with Gasteiger partial charge in [0.15, 0.2) is 5.58 Å². The summed E-state index contributed by atoms with van der Waals surface area (Å²) in [7, 11) is 0. The Balaban J connectivity index is 2.89. The van der Waals surface area contributed by atoms with Gasteiger partial charge in [-0.05, 0) is 24.6 Å². The van der Waals surface area contributed by atoms with Crippen molar-refractivity contribution in [2.24, 2.45) is 0 Å². The number of benzene rings is 1. The van der Waals surface area contributed by atoms with Gasteiger partial charge in [-0.1, -0.05) is 24.2 Å². The van der Waals surface area contributed by atoms with E-state index in [2.05, 4.69) is 17.6 Å². The monoisotopic (exact) mass is 199 g/mol. The fraction of sp³-hybridized carbons (Fsp3) is 0.125. The summed E-state index contributed by atoms with van der Waals surface area (Å²) in [6, 6.07) is 3.58. The third kappa shape index (κ3) is 1.09. The summed E-state index contributed by atoms with van der Waals surface area (Å²) in [6.45, 7) is 1.90. The molecule has 1 aromatic heterocycles. The number of aromatic nitrogens is 1.